The first-order valence-corrected chi connectivity index (χ1v) is 17.2. The summed E-state index contributed by atoms with van der Waals surface area (Å²) in [6.45, 7) is 1.19. The van der Waals surface area contributed by atoms with Crippen LogP contribution in [0.4, 0.5) is 0 Å². The molecule has 0 heterocycles. The maximum Gasteiger partial charge on any atom is 0.335 e. The molecule has 238 valence electrons. The lowest BCUT2D eigenvalue weighted by Gasteiger charge is -2.36. The lowest BCUT2D eigenvalue weighted by Crippen LogP contribution is -2.50. The Morgan fingerprint density at radius 1 is 0.674 bits per heavy atom. The summed E-state index contributed by atoms with van der Waals surface area (Å²) in [5, 5.41) is 5.45. The zero-order valence-corrected chi connectivity index (χ0v) is 27.7. The van der Waals surface area contributed by atoms with Crippen molar-refractivity contribution in [2.75, 3.05) is 13.2 Å². The fourth-order valence-corrected chi connectivity index (χ4v) is 10.4. The van der Waals surface area contributed by atoms with Gasteiger partial charge in [0.15, 0.2) is 0 Å². The van der Waals surface area contributed by atoms with Crippen LogP contribution in [0.1, 0.15) is 26.3 Å². The Morgan fingerprint density at radius 3 is 1.57 bits per heavy atom. The highest BCUT2D eigenvalue weighted by Crippen LogP contribution is 2.49. The van der Waals surface area contributed by atoms with Crippen molar-refractivity contribution in [3.8, 4) is 0 Å². The third kappa shape index (κ3) is 7.33. The van der Waals surface area contributed by atoms with Crippen LogP contribution < -0.4 is 21.2 Å². The van der Waals surface area contributed by atoms with Gasteiger partial charge in [-0.05, 0) is 55.2 Å². The Morgan fingerprint density at radius 2 is 1.13 bits per heavy atom. The zero-order chi connectivity index (χ0) is 33.1. The minimum Gasteiger partial charge on any atom is -0.465 e. The Bertz CT molecular complexity index is 1620. The summed E-state index contributed by atoms with van der Waals surface area (Å²) >= 11 is 6.34. The van der Waals surface area contributed by atoms with E-state index < -0.39 is 42.4 Å². The third-order valence-electron chi connectivity index (χ3n) is 7.58. The predicted octanol–water partition coefficient (Wildman–Crippen LogP) is 5.07. The maximum atomic E-state index is 14.5. The molecule has 2 atom stereocenters. The molecule has 0 fully saturated rings. The SMILES string of the molecule is CCOC(=O)C([C@H](C(=O)OCC)[C@@H](C(C)=O)C(=O)NCc1ccccc1Cl)=P(c1ccccc1)(c1ccccc1)c1ccccc1. The number of esters is 2. The highest BCUT2D eigenvalue weighted by Gasteiger charge is 2.48. The van der Waals surface area contributed by atoms with E-state index in [-0.39, 0.29) is 25.1 Å². The summed E-state index contributed by atoms with van der Waals surface area (Å²) < 4.78 is 11.3. The number of nitrogens with one attached hydrogen (secondary N) is 1. The van der Waals surface area contributed by atoms with Crippen molar-refractivity contribution in [3.05, 3.63) is 126 Å². The molecule has 46 heavy (non-hydrogen) atoms. The lowest BCUT2D eigenvalue weighted by atomic mass is 9.85. The Labute approximate surface area is 274 Å². The number of carbonyl (C=O) groups excluding carboxylic acids is 4. The molecule has 1 amide bonds. The van der Waals surface area contributed by atoms with Crippen LogP contribution in [0.25, 0.3) is 0 Å². The van der Waals surface area contributed by atoms with E-state index >= 15 is 0 Å². The van der Waals surface area contributed by atoms with Gasteiger partial charge in [-0.25, -0.2) is 4.79 Å². The first-order valence-electron chi connectivity index (χ1n) is 15.1. The number of hydrogen-bond acceptors (Lipinski definition) is 6. The van der Waals surface area contributed by atoms with Gasteiger partial charge < -0.3 is 14.8 Å². The van der Waals surface area contributed by atoms with Gasteiger partial charge in [-0.2, -0.15) is 0 Å². The van der Waals surface area contributed by atoms with Crippen molar-refractivity contribution in [3.63, 3.8) is 0 Å². The van der Waals surface area contributed by atoms with Gasteiger partial charge in [0.25, 0.3) is 0 Å². The van der Waals surface area contributed by atoms with Crippen LogP contribution >= 0.6 is 18.5 Å². The lowest BCUT2D eigenvalue weighted by molar-refractivity contribution is -0.153. The van der Waals surface area contributed by atoms with Crippen LogP contribution in [0.15, 0.2) is 115 Å². The van der Waals surface area contributed by atoms with Crippen molar-refractivity contribution in [1.29, 1.82) is 0 Å². The molecular formula is C37H37ClNO6P. The molecule has 0 saturated carbocycles. The van der Waals surface area contributed by atoms with Gasteiger partial charge in [-0.15, -0.1) is 0 Å². The summed E-state index contributed by atoms with van der Waals surface area (Å²) in [6.07, 6.45) is 0. The molecule has 0 aliphatic rings. The predicted molar refractivity (Wildman–Crippen MR) is 184 cm³/mol. The molecule has 0 aliphatic carbocycles. The van der Waals surface area contributed by atoms with Crippen molar-refractivity contribution in [2.24, 2.45) is 11.8 Å². The number of halogens is 1. The number of Topliss-reactive ketones (excluding diaryl/α,β-unsaturated/α-hetero) is 1. The van der Waals surface area contributed by atoms with Crippen LogP contribution in [0, 0.1) is 11.8 Å². The van der Waals surface area contributed by atoms with Gasteiger partial charge >= 0.3 is 11.9 Å². The average molecular weight is 658 g/mol. The van der Waals surface area contributed by atoms with E-state index in [1.54, 1.807) is 38.1 Å². The van der Waals surface area contributed by atoms with Gasteiger partial charge in [0, 0.05) is 11.6 Å². The van der Waals surface area contributed by atoms with E-state index in [1.165, 1.54) is 6.92 Å². The van der Waals surface area contributed by atoms with Crippen LogP contribution in [-0.2, 0) is 35.2 Å². The summed E-state index contributed by atoms with van der Waals surface area (Å²) in [7, 11) is 0. The number of ketones is 1. The zero-order valence-electron chi connectivity index (χ0n) is 26.0. The maximum absolute atomic E-state index is 14.5. The van der Waals surface area contributed by atoms with Crippen molar-refractivity contribution in [1.82, 2.24) is 5.32 Å². The second-order valence-corrected chi connectivity index (χ2v) is 14.2. The smallest absolute Gasteiger partial charge is 0.335 e. The van der Waals surface area contributed by atoms with Crippen molar-refractivity contribution >= 4 is 63.3 Å². The first kappa shape index (κ1) is 34.4. The van der Waals surface area contributed by atoms with Gasteiger partial charge in [0.05, 0.1) is 18.5 Å². The first-order chi connectivity index (χ1) is 22.3. The van der Waals surface area contributed by atoms with E-state index in [0.29, 0.717) is 10.6 Å². The highest BCUT2D eigenvalue weighted by molar-refractivity contribution is 7.96. The fraction of sp³-hybridized carbons (Fsp3) is 0.216. The molecule has 4 aromatic rings. The molecule has 0 bridgehead atoms. The van der Waals surface area contributed by atoms with E-state index in [1.807, 2.05) is 91.0 Å². The van der Waals surface area contributed by atoms with E-state index in [2.05, 4.69) is 5.32 Å². The Hall–Kier alpha value is -4.45. The van der Waals surface area contributed by atoms with Gasteiger partial charge in [-0.3, -0.25) is 14.4 Å². The highest BCUT2D eigenvalue weighted by atomic mass is 35.5. The normalized spacial score (nSPS) is 12.3. The number of benzene rings is 4. The monoisotopic (exact) mass is 657 g/mol. The minimum atomic E-state index is -3.31. The largest absolute Gasteiger partial charge is 0.465 e. The molecule has 9 heteroatoms. The molecular weight excluding hydrogens is 621 g/mol. The minimum absolute atomic E-state index is 0.000309. The van der Waals surface area contributed by atoms with E-state index in [4.69, 9.17) is 21.1 Å². The molecule has 0 aromatic heterocycles. The van der Waals surface area contributed by atoms with Crippen molar-refractivity contribution < 1.29 is 28.7 Å². The number of hydrogen-bond donors (Lipinski definition) is 1. The standard InChI is InChI=1S/C37H37ClNO6P/c1-4-44-36(42)33(32(26(3)40)35(41)39-25-27-17-15-16-24-31(27)38)34(37(43)45-5-2)46(28-18-9-6-10-19-28,29-20-11-7-12-21-29)30-22-13-8-14-23-30/h6-24,32-33H,4-5,25H2,1-3H3,(H,39,41)/t32-,33-/m1/s1. The second-order valence-electron chi connectivity index (χ2n) is 10.4. The summed E-state index contributed by atoms with van der Waals surface area (Å²) in [5.74, 6) is -6.22. The van der Waals surface area contributed by atoms with Gasteiger partial charge in [0.1, 0.15) is 17.6 Å². The average Bonchev–Trinajstić information content (AvgIpc) is 3.07. The molecule has 4 aromatic carbocycles. The van der Waals surface area contributed by atoms with E-state index in [0.717, 1.165) is 15.9 Å². The van der Waals surface area contributed by atoms with Crippen LogP contribution in [0.2, 0.25) is 5.02 Å². The summed E-state index contributed by atoms with van der Waals surface area (Å²) in [5.41, 5.74) is 0.627. The molecule has 0 radical (unpaired) electrons. The van der Waals surface area contributed by atoms with Crippen LogP contribution in [0.5, 0.6) is 0 Å². The third-order valence-corrected chi connectivity index (χ3v) is 12.3. The van der Waals surface area contributed by atoms with Gasteiger partial charge in [0.2, 0.25) is 5.91 Å². The molecule has 0 unspecified atom stereocenters. The van der Waals surface area contributed by atoms with Crippen molar-refractivity contribution in [2.45, 2.75) is 27.3 Å². The van der Waals surface area contributed by atoms with Gasteiger partial charge in [-0.1, -0.05) is 121 Å². The molecule has 0 spiro atoms. The van der Waals surface area contributed by atoms with Crippen LogP contribution in [-0.4, -0.2) is 42.1 Å². The molecule has 4 rings (SSSR count). The molecule has 0 saturated heterocycles. The molecule has 1 N–H and O–H groups in total. The Kier molecular flexibility index (Phi) is 12.1. The second kappa shape index (κ2) is 16.2. The molecule has 7 nitrogen and oxygen atoms in total. The fourth-order valence-electron chi connectivity index (χ4n) is 5.64. The Balaban J connectivity index is 2.16. The number of amides is 1. The topological polar surface area (TPSA) is 98.8 Å². The number of ether oxygens (including phenoxy) is 2. The van der Waals surface area contributed by atoms with E-state index in [9.17, 15) is 19.2 Å². The quantitative estimate of drug-likeness (QED) is 0.123. The number of carbonyl (C=O) groups is 4. The molecule has 0 aliphatic heterocycles. The van der Waals surface area contributed by atoms with Crippen LogP contribution in [0.3, 0.4) is 0 Å². The number of rotatable bonds is 13. The summed E-state index contributed by atoms with van der Waals surface area (Å²) in [4.78, 5) is 56.5. The summed E-state index contributed by atoms with van der Waals surface area (Å²) in [6, 6.07) is 35.1.